The minimum Gasteiger partial charge on any atom is -0.481 e. The summed E-state index contributed by atoms with van der Waals surface area (Å²) in [5.41, 5.74) is 2.47. The summed E-state index contributed by atoms with van der Waals surface area (Å²) >= 11 is 0. The number of amides is 2. The first kappa shape index (κ1) is 16.8. The molecule has 1 fully saturated rings. The van der Waals surface area contributed by atoms with E-state index in [1.807, 2.05) is 12.1 Å². The third kappa shape index (κ3) is 3.24. The molecule has 1 unspecified atom stereocenters. The molecule has 3 rings (SSSR count). The van der Waals surface area contributed by atoms with Gasteiger partial charge in [-0.3, -0.25) is 4.79 Å². The fraction of sp³-hybridized carbons (Fsp3) is 0.556. The Bertz CT molecular complexity index is 625. The number of urea groups is 1. The number of carboxylic acids is 1. The maximum atomic E-state index is 12.5. The van der Waals surface area contributed by atoms with E-state index in [-0.39, 0.29) is 30.5 Å². The Morgan fingerprint density at radius 3 is 2.75 bits per heavy atom. The number of rotatable bonds is 4. The largest absolute Gasteiger partial charge is 0.481 e. The van der Waals surface area contributed by atoms with Crippen LogP contribution in [0.3, 0.4) is 0 Å². The molecule has 1 saturated heterocycles. The molecular weight excluding hydrogens is 308 g/mol. The first-order chi connectivity index (χ1) is 11.5. The van der Waals surface area contributed by atoms with Gasteiger partial charge in [0.2, 0.25) is 0 Å². The van der Waals surface area contributed by atoms with E-state index < -0.39 is 5.97 Å². The van der Waals surface area contributed by atoms with Crippen molar-refractivity contribution in [3.8, 4) is 0 Å². The van der Waals surface area contributed by atoms with Gasteiger partial charge in [-0.05, 0) is 30.4 Å². The molecular formula is C18H24N2O4. The van der Waals surface area contributed by atoms with Gasteiger partial charge in [0.15, 0.2) is 0 Å². The van der Waals surface area contributed by atoms with E-state index in [0.29, 0.717) is 0 Å². The minimum absolute atomic E-state index is 0.00519. The van der Waals surface area contributed by atoms with Crippen LogP contribution in [0.15, 0.2) is 24.3 Å². The molecule has 2 aliphatic rings. The van der Waals surface area contributed by atoms with Crippen LogP contribution >= 0.6 is 0 Å². The predicted molar refractivity (Wildman–Crippen MR) is 88.8 cm³/mol. The molecule has 1 atom stereocenters. The smallest absolute Gasteiger partial charge is 0.317 e. The van der Waals surface area contributed by atoms with E-state index >= 15 is 0 Å². The maximum Gasteiger partial charge on any atom is 0.317 e. The van der Waals surface area contributed by atoms with Gasteiger partial charge in [-0.25, -0.2) is 4.79 Å². The molecule has 0 saturated carbocycles. The standard InChI is InChI=1S/C18H24N2O4/c1-20(9-6-15(21)22)17(23)19-16-14-5-3-2-4-13(14)12-18(16)7-10-24-11-8-18/h2-5,16H,6-12H2,1H3,(H,19,23)(H,21,22). The summed E-state index contributed by atoms with van der Waals surface area (Å²) in [7, 11) is 1.63. The predicted octanol–water partition coefficient (Wildman–Crippen LogP) is 2.20. The third-order valence-corrected chi connectivity index (χ3v) is 5.29. The van der Waals surface area contributed by atoms with Crippen molar-refractivity contribution in [3.63, 3.8) is 0 Å². The van der Waals surface area contributed by atoms with E-state index in [4.69, 9.17) is 9.84 Å². The Hall–Kier alpha value is -2.08. The average molecular weight is 332 g/mol. The summed E-state index contributed by atoms with van der Waals surface area (Å²) < 4.78 is 5.53. The van der Waals surface area contributed by atoms with Crippen LogP contribution < -0.4 is 5.32 Å². The number of hydrogen-bond donors (Lipinski definition) is 2. The molecule has 6 nitrogen and oxygen atoms in total. The van der Waals surface area contributed by atoms with Crippen LogP contribution in [0.2, 0.25) is 0 Å². The highest BCUT2D eigenvalue weighted by molar-refractivity contribution is 5.76. The van der Waals surface area contributed by atoms with Crippen molar-refractivity contribution in [1.82, 2.24) is 10.2 Å². The van der Waals surface area contributed by atoms with Crippen molar-refractivity contribution in [2.45, 2.75) is 31.7 Å². The SMILES string of the molecule is CN(CCC(=O)O)C(=O)NC1c2ccccc2CC12CCOCC2. The summed E-state index contributed by atoms with van der Waals surface area (Å²) in [5, 5.41) is 11.9. The summed E-state index contributed by atoms with van der Waals surface area (Å²) in [6.45, 7) is 1.63. The lowest BCUT2D eigenvalue weighted by Crippen LogP contribution is -2.46. The van der Waals surface area contributed by atoms with Crippen LogP contribution in [0.4, 0.5) is 4.79 Å². The number of carboxylic acid groups (broad SMARTS) is 1. The van der Waals surface area contributed by atoms with Crippen molar-refractivity contribution in [2.75, 3.05) is 26.8 Å². The quantitative estimate of drug-likeness (QED) is 0.886. The number of benzene rings is 1. The van der Waals surface area contributed by atoms with Gasteiger partial charge < -0.3 is 20.1 Å². The highest BCUT2D eigenvalue weighted by atomic mass is 16.5. The molecule has 0 aromatic heterocycles. The van der Waals surface area contributed by atoms with Gasteiger partial charge >= 0.3 is 12.0 Å². The Morgan fingerprint density at radius 1 is 1.33 bits per heavy atom. The number of ether oxygens (including phenoxy) is 1. The molecule has 1 heterocycles. The lowest BCUT2D eigenvalue weighted by atomic mass is 9.74. The molecule has 0 radical (unpaired) electrons. The second kappa shape index (κ2) is 6.81. The first-order valence-electron chi connectivity index (χ1n) is 8.41. The zero-order valence-electron chi connectivity index (χ0n) is 14.0. The lowest BCUT2D eigenvalue weighted by molar-refractivity contribution is -0.137. The minimum atomic E-state index is -0.901. The van der Waals surface area contributed by atoms with Crippen molar-refractivity contribution in [2.24, 2.45) is 5.41 Å². The monoisotopic (exact) mass is 332 g/mol. The van der Waals surface area contributed by atoms with E-state index in [2.05, 4.69) is 17.4 Å². The topological polar surface area (TPSA) is 78.9 Å². The van der Waals surface area contributed by atoms with Crippen LogP contribution in [0.1, 0.15) is 36.4 Å². The molecule has 2 N–H and O–H groups in total. The number of carbonyl (C=O) groups is 2. The average Bonchev–Trinajstić information content (AvgIpc) is 2.86. The second-order valence-electron chi connectivity index (χ2n) is 6.80. The number of carbonyl (C=O) groups excluding carboxylic acids is 1. The lowest BCUT2D eigenvalue weighted by Gasteiger charge is -2.40. The molecule has 1 aromatic carbocycles. The van der Waals surface area contributed by atoms with Gasteiger partial charge in [-0.1, -0.05) is 24.3 Å². The molecule has 2 amide bonds. The van der Waals surface area contributed by atoms with Crippen LogP contribution in [0.25, 0.3) is 0 Å². The number of nitrogens with zero attached hydrogens (tertiary/aromatic N) is 1. The number of hydrogen-bond acceptors (Lipinski definition) is 3. The van der Waals surface area contributed by atoms with Gasteiger partial charge in [-0.2, -0.15) is 0 Å². The van der Waals surface area contributed by atoms with Crippen molar-refractivity contribution in [3.05, 3.63) is 35.4 Å². The fourth-order valence-electron chi connectivity index (χ4n) is 3.86. The number of nitrogens with one attached hydrogen (secondary N) is 1. The second-order valence-corrected chi connectivity index (χ2v) is 6.80. The molecule has 1 aliphatic carbocycles. The van der Waals surface area contributed by atoms with Gasteiger partial charge in [-0.15, -0.1) is 0 Å². The fourth-order valence-corrected chi connectivity index (χ4v) is 3.86. The van der Waals surface area contributed by atoms with Crippen molar-refractivity contribution >= 4 is 12.0 Å². The summed E-state index contributed by atoms with van der Waals surface area (Å²) in [6.07, 6.45) is 2.75. The van der Waals surface area contributed by atoms with Gasteiger partial charge in [0.25, 0.3) is 0 Å². The number of aliphatic carboxylic acids is 1. The Labute approximate surface area is 141 Å². The van der Waals surface area contributed by atoms with Crippen molar-refractivity contribution in [1.29, 1.82) is 0 Å². The molecule has 1 aromatic rings. The Balaban J connectivity index is 1.77. The van der Waals surface area contributed by atoms with Gasteiger partial charge in [0, 0.05) is 32.2 Å². The van der Waals surface area contributed by atoms with Gasteiger partial charge in [0.05, 0.1) is 12.5 Å². The van der Waals surface area contributed by atoms with Crippen LogP contribution in [0, 0.1) is 5.41 Å². The summed E-state index contributed by atoms with van der Waals surface area (Å²) in [4.78, 5) is 24.7. The Morgan fingerprint density at radius 2 is 2.04 bits per heavy atom. The maximum absolute atomic E-state index is 12.5. The van der Waals surface area contributed by atoms with Crippen LogP contribution in [0.5, 0.6) is 0 Å². The Kier molecular flexibility index (Phi) is 4.76. The molecule has 1 aliphatic heterocycles. The molecule has 6 heteroatoms. The number of fused-ring (bicyclic) bond motifs is 1. The molecule has 0 bridgehead atoms. The molecule has 1 spiro atoms. The highest BCUT2D eigenvalue weighted by Crippen LogP contribution is 2.51. The molecule has 24 heavy (non-hydrogen) atoms. The van der Waals surface area contributed by atoms with E-state index in [1.165, 1.54) is 16.0 Å². The third-order valence-electron chi connectivity index (χ3n) is 5.29. The van der Waals surface area contributed by atoms with E-state index in [9.17, 15) is 9.59 Å². The summed E-state index contributed by atoms with van der Waals surface area (Å²) in [5.74, 6) is -0.901. The van der Waals surface area contributed by atoms with Crippen LogP contribution in [-0.4, -0.2) is 48.8 Å². The first-order valence-corrected chi connectivity index (χ1v) is 8.41. The van der Waals surface area contributed by atoms with E-state index in [1.54, 1.807) is 7.05 Å². The molecule has 130 valence electrons. The van der Waals surface area contributed by atoms with E-state index in [0.717, 1.165) is 32.5 Å². The zero-order chi connectivity index (χ0) is 17.2. The highest BCUT2D eigenvalue weighted by Gasteiger charge is 2.47. The normalized spacial score (nSPS) is 21.3. The zero-order valence-corrected chi connectivity index (χ0v) is 14.0. The van der Waals surface area contributed by atoms with Crippen molar-refractivity contribution < 1.29 is 19.4 Å². The van der Waals surface area contributed by atoms with Gasteiger partial charge in [0.1, 0.15) is 0 Å². The summed E-state index contributed by atoms with van der Waals surface area (Å²) in [6, 6.07) is 8.00. The van der Waals surface area contributed by atoms with Crippen LogP contribution in [-0.2, 0) is 16.0 Å².